The van der Waals surface area contributed by atoms with Crippen LogP contribution in [-0.4, -0.2) is 13.0 Å². The average Bonchev–Trinajstić information content (AvgIpc) is 2.66. The van der Waals surface area contributed by atoms with Gasteiger partial charge in [-0.1, -0.05) is 38.3 Å². The fraction of sp³-hybridized carbons (Fsp3) is 0.786. The third-order valence-electron chi connectivity index (χ3n) is 3.68. The number of carbonyl (C=O) groups is 1. The van der Waals surface area contributed by atoms with E-state index in [-0.39, 0.29) is 0 Å². The molecule has 16 heavy (non-hydrogen) atoms. The highest BCUT2D eigenvalue weighted by atomic mass is 16.1. The van der Waals surface area contributed by atoms with Crippen LogP contribution in [0.25, 0.3) is 0 Å². The van der Waals surface area contributed by atoms with Crippen molar-refractivity contribution in [3.05, 3.63) is 11.6 Å². The number of unbranched alkanes of at least 4 members (excludes halogenated alkanes) is 2. The van der Waals surface area contributed by atoms with E-state index >= 15 is 0 Å². The second-order valence-electron chi connectivity index (χ2n) is 5.29. The molecular weight excluding hydrogens is 198 g/mol. The lowest BCUT2D eigenvalue weighted by atomic mass is 9.81. The molecule has 1 aliphatic carbocycles. The minimum absolute atomic E-state index is 0.531. The summed E-state index contributed by atoms with van der Waals surface area (Å²) in [6.45, 7) is 5.50. The Morgan fingerprint density at radius 1 is 1.44 bits per heavy atom. The number of carbonyl (C=O) groups excluding carboxylic acids is 1. The van der Waals surface area contributed by atoms with Crippen LogP contribution in [0.1, 0.15) is 58.8 Å². The molecular formula is C14H25NO. The van der Waals surface area contributed by atoms with Gasteiger partial charge in [0.15, 0.2) is 0 Å². The normalized spacial score (nSPS) is 24.2. The van der Waals surface area contributed by atoms with E-state index in [9.17, 15) is 4.79 Å². The molecule has 0 spiro atoms. The maximum absolute atomic E-state index is 10.0. The van der Waals surface area contributed by atoms with E-state index in [1.807, 2.05) is 0 Å². The number of nitrogens with one attached hydrogen (secondary N) is 1. The van der Waals surface area contributed by atoms with Gasteiger partial charge in [0.1, 0.15) is 0 Å². The van der Waals surface area contributed by atoms with Crippen LogP contribution in [0, 0.1) is 5.41 Å². The summed E-state index contributed by atoms with van der Waals surface area (Å²) in [5, 5.41) is 2.71. The predicted octanol–water partition coefficient (Wildman–Crippen LogP) is 3.43. The molecule has 0 radical (unpaired) electrons. The Balaban J connectivity index is 2.07. The summed E-state index contributed by atoms with van der Waals surface area (Å²) in [7, 11) is 0. The lowest BCUT2D eigenvalue weighted by molar-refractivity contribution is -0.109. The van der Waals surface area contributed by atoms with Crippen LogP contribution < -0.4 is 5.32 Å². The molecule has 0 saturated heterocycles. The van der Waals surface area contributed by atoms with E-state index < -0.39 is 0 Å². The Bertz CT molecular complexity index is 247. The molecule has 0 fully saturated rings. The van der Waals surface area contributed by atoms with Crippen molar-refractivity contribution in [1.29, 1.82) is 0 Å². The van der Waals surface area contributed by atoms with Gasteiger partial charge < -0.3 is 5.32 Å². The fourth-order valence-corrected chi connectivity index (χ4v) is 2.56. The second kappa shape index (κ2) is 6.72. The molecule has 0 aromatic heterocycles. The molecule has 92 valence electrons. The Hall–Kier alpha value is -0.790. The molecule has 0 heterocycles. The molecule has 0 aromatic rings. The Kier molecular flexibility index (Phi) is 5.58. The first-order chi connectivity index (χ1) is 7.70. The minimum atomic E-state index is 0.531. The minimum Gasteiger partial charge on any atom is -0.359 e. The Labute approximate surface area is 99.5 Å². The summed E-state index contributed by atoms with van der Waals surface area (Å²) in [6, 6.07) is 0. The molecule has 1 aliphatic rings. The molecule has 1 unspecified atom stereocenters. The van der Waals surface area contributed by atoms with Crippen molar-refractivity contribution in [2.75, 3.05) is 6.54 Å². The molecule has 1 amide bonds. The van der Waals surface area contributed by atoms with Gasteiger partial charge in [-0.15, -0.1) is 0 Å². The van der Waals surface area contributed by atoms with Gasteiger partial charge in [0, 0.05) is 6.54 Å². The molecule has 0 aromatic carbocycles. The third-order valence-corrected chi connectivity index (χ3v) is 3.68. The summed E-state index contributed by atoms with van der Waals surface area (Å²) in [4.78, 5) is 10.0. The molecule has 1 rings (SSSR count). The number of amides is 1. The van der Waals surface area contributed by atoms with Crippen molar-refractivity contribution in [1.82, 2.24) is 5.32 Å². The van der Waals surface area contributed by atoms with Crippen LogP contribution in [0.15, 0.2) is 11.6 Å². The standard InChI is InChI=1S/C14H25NO/c1-3-13-7-9-14(2,11-13)8-5-4-6-10-15-12-16/h7,12H,3-6,8-11H2,1-2H3,(H,15,16). The van der Waals surface area contributed by atoms with Gasteiger partial charge in [-0.05, 0) is 37.5 Å². The lowest BCUT2D eigenvalue weighted by Gasteiger charge is -2.24. The van der Waals surface area contributed by atoms with E-state index in [4.69, 9.17) is 0 Å². The van der Waals surface area contributed by atoms with Crippen molar-refractivity contribution < 1.29 is 4.79 Å². The average molecular weight is 223 g/mol. The molecule has 1 N–H and O–H groups in total. The van der Waals surface area contributed by atoms with Crippen LogP contribution >= 0.6 is 0 Å². The third kappa shape index (κ3) is 4.38. The van der Waals surface area contributed by atoms with Crippen molar-refractivity contribution in [2.45, 2.75) is 58.8 Å². The Morgan fingerprint density at radius 2 is 2.25 bits per heavy atom. The van der Waals surface area contributed by atoms with E-state index in [0.717, 1.165) is 19.4 Å². The van der Waals surface area contributed by atoms with Gasteiger partial charge in [0.25, 0.3) is 0 Å². The van der Waals surface area contributed by atoms with Gasteiger partial charge in [0.05, 0.1) is 0 Å². The summed E-state index contributed by atoms with van der Waals surface area (Å²) in [6.07, 6.45) is 12.0. The van der Waals surface area contributed by atoms with Crippen molar-refractivity contribution in [2.24, 2.45) is 5.41 Å². The molecule has 2 nitrogen and oxygen atoms in total. The van der Waals surface area contributed by atoms with Gasteiger partial charge in [-0.2, -0.15) is 0 Å². The highest BCUT2D eigenvalue weighted by Gasteiger charge is 2.27. The van der Waals surface area contributed by atoms with Gasteiger partial charge >= 0.3 is 0 Å². The van der Waals surface area contributed by atoms with Crippen molar-refractivity contribution in [3.63, 3.8) is 0 Å². The van der Waals surface area contributed by atoms with Crippen LogP contribution in [-0.2, 0) is 4.79 Å². The molecule has 1 atom stereocenters. The topological polar surface area (TPSA) is 29.1 Å². The SMILES string of the molecule is CCC1=CCC(C)(CCCCCNC=O)C1. The van der Waals surface area contributed by atoms with Gasteiger partial charge in [-0.25, -0.2) is 0 Å². The first-order valence-electron chi connectivity index (χ1n) is 6.55. The van der Waals surface area contributed by atoms with Crippen LogP contribution in [0.3, 0.4) is 0 Å². The summed E-state index contributed by atoms with van der Waals surface area (Å²) in [5.41, 5.74) is 2.17. The number of hydrogen-bond donors (Lipinski definition) is 1. The largest absolute Gasteiger partial charge is 0.359 e. The first kappa shape index (κ1) is 13.3. The first-order valence-corrected chi connectivity index (χ1v) is 6.55. The summed E-state index contributed by atoms with van der Waals surface area (Å²) < 4.78 is 0. The smallest absolute Gasteiger partial charge is 0.207 e. The zero-order valence-corrected chi connectivity index (χ0v) is 10.7. The monoisotopic (exact) mass is 223 g/mol. The van der Waals surface area contributed by atoms with Gasteiger partial charge in [0.2, 0.25) is 6.41 Å². The predicted molar refractivity (Wildman–Crippen MR) is 68.2 cm³/mol. The van der Waals surface area contributed by atoms with Crippen molar-refractivity contribution >= 4 is 6.41 Å². The van der Waals surface area contributed by atoms with E-state index in [1.54, 1.807) is 5.57 Å². The Morgan fingerprint density at radius 3 is 2.88 bits per heavy atom. The fourth-order valence-electron chi connectivity index (χ4n) is 2.56. The molecule has 2 heteroatoms. The maximum Gasteiger partial charge on any atom is 0.207 e. The van der Waals surface area contributed by atoms with E-state index in [0.29, 0.717) is 5.41 Å². The molecule has 0 bridgehead atoms. The van der Waals surface area contributed by atoms with Crippen LogP contribution in [0.5, 0.6) is 0 Å². The van der Waals surface area contributed by atoms with Crippen LogP contribution in [0.2, 0.25) is 0 Å². The zero-order chi connectivity index (χ0) is 11.9. The summed E-state index contributed by atoms with van der Waals surface area (Å²) in [5.74, 6) is 0. The van der Waals surface area contributed by atoms with Gasteiger partial charge in [-0.3, -0.25) is 4.79 Å². The molecule has 0 saturated carbocycles. The zero-order valence-electron chi connectivity index (χ0n) is 10.7. The summed E-state index contributed by atoms with van der Waals surface area (Å²) >= 11 is 0. The quantitative estimate of drug-likeness (QED) is 0.381. The second-order valence-corrected chi connectivity index (χ2v) is 5.29. The molecule has 0 aliphatic heterocycles. The highest BCUT2D eigenvalue weighted by Crippen LogP contribution is 2.42. The lowest BCUT2D eigenvalue weighted by Crippen LogP contribution is -2.14. The number of rotatable bonds is 8. The highest BCUT2D eigenvalue weighted by molar-refractivity contribution is 5.45. The van der Waals surface area contributed by atoms with Crippen LogP contribution in [0.4, 0.5) is 0 Å². The van der Waals surface area contributed by atoms with E-state index in [2.05, 4.69) is 25.2 Å². The number of allylic oxidation sites excluding steroid dienone is 2. The maximum atomic E-state index is 10.0. The van der Waals surface area contributed by atoms with Crippen molar-refractivity contribution in [3.8, 4) is 0 Å². The number of hydrogen-bond acceptors (Lipinski definition) is 1. The van der Waals surface area contributed by atoms with E-state index in [1.165, 1.54) is 38.5 Å².